The highest BCUT2D eigenvalue weighted by Crippen LogP contribution is 2.11. The van der Waals surface area contributed by atoms with Gasteiger partial charge in [0.2, 0.25) is 0 Å². The van der Waals surface area contributed by atoms with Crippen molar-refractivity contribution < 1.29 is 19.1 Å². The number of hydrogen-bond acceptors (Lipinski definition) is 5. The molecule has 0 saturated heterocycles. The SMILES string of the molecule is CCC(NCCN(C(=O)OC(C)(C)C)C(C)C)C(=O)OC. The van der Waals surface area contributed by atoms with Gasteiger partial charge >= 0.3 is 12.1 Å². The monoisotopic (exact) mass is 302 g/mol. The Morgan fingerprint density at radius 1 is 1.24 bits per heavy atom. The van der Waals surface area contributed by atoms with Gasteiger partial charge in [-0.05, 0) is 41.0 Å². The Morgan fingerprint density at radius 2 is 1.81 bits per heavy atom. The van der Waals surface area contributed by atoms with Crippen molar-refractivity contribution >= 4 is 12.1 Å². The average molecular weight is 302 g/mol. The summed E-state index contributed by atoms with van der Waals surface area (Å²) in [5, 5.41) is 3.10. The van der Waals surface area contributed by atoms with Crippen LogP contribution < -0.4 is 5.32 Å². The molecule has 0 aliphatic carbocycles. The lowest BCUT2D eigenvalue weighted by molar-refractivity contribution is -0.143. The molecule has 1 unspecified atom stereocenters. The summed E-state index contributed by atoms with van der Waals surface area (Å²) in [5.41, 5.74) is -0.518. The topological polar surface area (TPSA) is 67.9 Å². The van der Waals surface area contributed by atoms with Gasteiger partial charge in [-0.3, -0.25) is 4.79 Å². The largest absolute Gasteiger partial charge is 0.468 e. The summed E-state index contributed by atoms with van der Waals surface area (Å²) < 4.78 is 10.1. The molecule has 0 spiro atoms. The number of rotatable bonds is 7. The molecule has 6 heteroatoms. The van der Waals surface area contributed by atoms with Crippen LogP contribution in [0.2, 0.25) is 0 Å². The molecule has 1 amide bonds. The van der Waals surface area contributed by atoms with Gasteiger partial charge in [0.15, 0.2) is 0 Å². The predicted molar refractivity (Wildman–Crippen MR) is 82.2 cm³/mol. The Balaban J connectivity index is 4.46. The Labute approximate surface area is 128 Å². The highest BCUT2D eigenvalue weighted by molar-refractivity contribution is 5.75. The molecule has 0 aromatic carbocycles. The van der Waals surface area contributed by atoms with Crippen molar-refractivity contribution in [2.75, 3.05) is 20.2 Å². The molecule has 0 radical (unpaired) electrons. The van der Waals surface area contributed by atoms with Crippen LogP contribution in [0.25, 0.3) is 0 Å². The van der Waals surface area contributed by atoms with Gasteiger partial charge < -0.3 is 19.7 Å². The third kappa shape index (κ3) is 7.90. The van der Waals surface area contributed by atoms with Gasteiger partial charge in [0, 0.05) is 19.1 Å². The van der Waals surface area contributed by atoms with Crippen molar-refractivity contribution in [3.05, 3.63) is 0 Å². The number of hydrogen-bond donors (Lipinski definition) is 1. The second-order valence-electron chi connectivity index (χ2n) is 6.21. The fourth-order valence-corrected chi connectivity index (χ4v) is 1.78. The van der Waals surface area contributed by atoms with E-state index in [-0.39, 0.29) is 24.1 Å². The van der Waals surface area contributed by atoms with Gasteiger partial charge in [-0.1, -0.05) is 6.92 Å². The van der Waals surface area contributed by atoms with Crippen LogP contribution in [0, 0.1) is 0 Å². The van der Waals surface area contributed by atoms with Crippen LogP contribution in [0.1, 0.15) is 48.0 Å². The minimum atomic E-state index is -0.518. The van der Waals surface area contributed by atoms with Gasteiger partial charge in [-0.15, -0.1) is 0 Å². The van der Waals surface area contributed by atoms with Crippen molar-refractivity contribution in [3.63, 3.8) is 0 Å². The number of esters is 1. The Morgan fingerprint density at radius 3 is 2.19 bits per heavy atom. The van der Waals surface area contributed by atoms with E-state index in [0.717, 1.165) is 0 Å². The standard InChI is InChI=1S/C15H30N2O4/c1-8-12(13(18)20-7)16-9-10-17(11(2)3)14(19)21-15(4,5)6/h11-12,16H,8-10H2,1-7H3. The van der Waals surface area contributed by atoms with E-state index in [4.69, 9.17) is 9.47 Å². The molecule has 1 N–H and O–H groups in total. The first-order valence-corrected chi connectivity index (χ1v) is 7.43. The molecule has 0 rings (SSSR count). The van der Waals surface area contributed by atoms with Crippen LogP contribution in [0.4, 0.5) is 4.79 Å². The van der Waals surface area contributed by atoms with Crippen LogP contribution >= 0.6 is 0 Å². The number of carbonyl (C=O) groups is 2. The molecule has 0 aromatic heterocycles. The molecule has 0 aromatic rings. The first-order valence-electron chi connectivity index (χ1n) is 7.43. The molecule has 124 valence electrons. The lowest BCUT2D eigenvalue weighted by Crippen LogP contribution is -2.46. The number of ether oxygens (including phenoxy) is 2. The summed E-state index contributed by atoms with van der Waals surface area (Å²) in [6, 6.07) is -0.317. The van der Waals surface area contributed by atoms with E-state index in [0.29, 0.717) is 19.5 Å². The smallest absolute Gasteiger partial charge is 0.410 e. The maximum atomic E-state index is 12.1. The molecule has 0 fully saturated rings. The van der Waals surface area contributed by atoms with Crippen LogP contribution in [0.5, 0.6) is 0 Å². The summed E-state index contributed by atoms with van der Waals surface area (Å²) >= 11 is 0. The van der Waals surface area contributed by atoms with Gasteiger partial charge in [0.05, 0.1) is 7.11 Å². The average Bonchev–Trinajstić information content (AvgIpc) is 2.35. The van der Waals surface area contributed by atoms with Crippen molar-refractivity contribution in [3.8, 4) is 0 Å². The second-order valence-corrected chi connectivity index (χ2v) is 6.21. The maximum Gasteiger partial charge on any atom is 0.410 e. The Bertz CT molecular complexity index is 337. The highest BCUT2D eigenvalue weighted by atomic mass is 16.6. The van der Waals surface area contributed by atoms with Crippen LogP contribution in [-0.4, -0.2) is 54.8 Å². The molecular weight excluding hydrogens is 272 g/mol. The van der Waals surface area contributed by atoms with E-state index < -0.39 is 5.60 Å². The fourth-order valence-electron chi connectivity index (χ4n) is 1.78. The maximum absolute atomic E-state index is 12.1. The molecule has 0 saturated carbocycles. The molecule has 0 aliphatic rings. The molecule has 6 nitrogen and oxygen atoms in total. The van der Waals surface area contributed by atoms with Gasteiger partial charge in [0.1, 0.15) is 11.6 Å². The predicted octanol–water partition coefficient (Wildman–Crippen LogP) is 2.17. The number of carbonyl (C=O) groups excluding carboxylic acids is 2. The van der Waals surface area contributed by atoms with E-state index in [2.05, 4.69) is 5.32 Å². The first-order chi connectivity index (χ1) is 9.62. The van der Waals surface area contributed by atoms with E-state index in [1.165, 1.54) is 7.11 Å². The Hall–Kier alpha value is -1.30. The minimum absolute atomic E-state index is 0.0276. The normalized spacial score (nSPS) is 13.0. The zero-order valence-corrected chi connectivity index (χ0v) is 14.4. The molecule has 0 bridgehead atoms. The van der Waals surface area contributed by atoms with Crippen molar-refractivity contribution in [2.24, 2.45) is 0 Å². The highest BCUT2D eigenvalue weighted by Gasteiger charge is 2.24. The zero-order valence-electron chi connectivity index (χ0n) is 14.4. The minimum Gasteiger partial charge on any atom is -0.468 e. The summed E-state index contributed by atoms with van der Waals surface area (Å²) in [6.45, 7) is 12.3. The van der Waals surface area contributed by atoms with E-state index in [1.807, 2.05) is 41.5 Å². The van der Waals surface area contributed by atoms with Crippen LogP contribution in [0.15, 0.2) is 0 Å². The van der Waals surface area contributed by atoms with Crippen molar-refractivity contribution in [1.82, 2.24) is 10.2 Å². The molecule has 21 heavy (non-hydrogen) atoms. The van der Waals surface area contributed by atoms with Crippen molar-refractivity contribution in [2.45, 2.75) is 65.6 Å². The van der Waals surface area contributed by atoms with Crippen LogP contribution in [-0.2, 0) is 14.3 Å². The second kappa shape index (κ2) is 8.87. The van der Waals surface area contributed by atoms with E-state index >= 15 is 0 Å². The molecular formula is C15H30N2O4. The molecule has 0 heterocycles. The quantitative estimate of drug-likeness (QED) is 0.730. The number of amides is 1. The Kier molecular flexibility index (Phi) is 8.32. The van der Waals surface area contributed by atoms with E-state index in [1.54, 1.807) is 4.90 Å². The molecule has 1 atom stereocenters. The summed E-state index contributed by atoms with van der Waals surface area (Å²) in [6.07, 6.45) is 0.297. The van der Waals surface area contributed by atoms with Crippen LogP contribution in [0.3, 0.4) is 0 Å². The third-order valence-corrected chi connectivity index (χ3v) is 2.89. The third-order valence-electron chi connectivity index (χ3n) is 2.89. The number of nitrogens with one attached hydrogen (secondary N) is 1. The summed E-state index contributed by atoms with van der Waals surface area (Å²) in [7, 11) is 1.37. The summed E-state index contributed by atoms with van der Waals surface area (Å²) in [4.78, 5) is 25.2. The number of methoxy groups -OCH3 is 1. The lowest BCUT2D eigenvalue weighted by Gasteiger charge is -2.30. The zero-order chi connectivity index (χ0) is 16.6. The molecule has 0 aliphatic heterocycles. The first kappa shape index (κ1) is 19.7. The van der Waals surface area contributed by atoms with Gasteiger partial charge in [0.25, 0.3) is 0 Å². The van der Waals surface area contributed by atoms with Crippen molar-refractivity contribution in [1.29, 1.82) is 0 Å². The van der Waals surface area contributed by atoms with Gasteiger partial charge in [-0.2, -0.15) is 0 Å². The number of nitrogens with zero attached hydrogens (tertiary/aromatic N) is 1. The fraction of sp³-hybridized carbons (Fsp3) is 0.867. The summed E-state index contributed by atoms with van der Waals surface area (Å²) in [5.74, 6) is -0.286. The van der Waals surface area contributed by atoms with Gasteiger partial charge in [-0.25, -0.2) is 4.79 Å². The van der Waals surface area contributed by atoms with E-state index in [9.17, 15) is 9.59 Å². The lowest BCUT2D eigenvalue weighted by atomic mass is 10.2.